The van der Waals surface area contributed by atoms with E-state index in [0.29, 0.717) is 5.92 Å². The molecule has 4 heteroatoms. The normalized spacial score (nSPS) is 35.9. The Morgan fingerprint density at radius 3 is 2.67 bits per heavy atom. The Labute approximate surface area is 90.5 Å². The molecule has 0 aromatic carbocycles. The number of esters is 1. The zero-order valence-corrected chi connectivity index (χ0v) is 9.67. The highest BCUT2D eigenvalue weighted by molar-refractivity contribution is 5.78. The van der Waals surface area contributed by atoms with Crippen LogP contribution in [0.4, 0.5) is 0 Å². The first-order valence-corrected chi connectivity index (χ1v) is 5.54. The van der Waals surface area contributed by atoms with Crippen LogP contribution in [0.15, 0.2) is 0 Å². The van der Waals surface area contributed by atoms with E-state index in [1.54, 1.807) is 0 Å². The highest BCUT2D eigenvalue weighted by Gasteiger charge is 2.63. The van der Waals surface area contributed by atoms with Gasteiger partial charge in [-0.05, 0) is 39.7 Å². The molecule has 2 fully saturated rings. The van der Waals surface area contributed by atoms with Crippen LogP contribution < -0.4 is 11.1 Å². The lowest BCUT2D eigenvalue weighted by Crippen LogP contribution is -2.45. The molecule has 1 saturated carbocycles. The van der Waals surface area contributed by atoms with Crippen LogP contribution in [0.2, 0.25) is 0 Å². The molecule has 0 bridgehead atoms. The van der Waals surface area contributed by atoms with Crippen molar-refractivity contribution >= 4 is 5.97 Å². The van der Waals surface area contributed by atoms with Crippen LogP contribution in [0, 0.1) is 11.3 Å². The van der Waals surface area contributed by atoms with Gasteiger partial charge in [-0.1, -0.05) is 0 Å². The minimum absolute atomic E-state index is 0.00231. The van der Waals surface area contributed by atoms with Gasteiger partial charge < -0.3 is 15.8 Å². The van der Waals surface area contributed by atoms with Crippen molar-refractivity contribution in [3.05, 3.63) is 0 Å². The van der Waals surface area contributed by atoms with Crippen LogP contribution in [-0.4, -0.2) is 30.7 Å². The standard InChI is InChI=1S/C11H20N2O2/c1-10(2,3)15-9(14)8(12)11-4-7(11)5-13-6-11/h7-8,13H,4-6,12H2,1-3H3. The summed E-state index contributed by atoms with van der Waals surface area (Å²) in [6.45, 7) is 7.46. The molecule has 1 aliphatic carbocycles. The topological polar surface area (TPSA) is 64.3 Å². The van der Waals surface area contributed by atoms with Crippen molar-refractivity contribution in [3.63, 3.8) is 0 Å². The zero-order valence-electron chi connectivity index (χ0n) is 9.67. The van der Waals surface area contributed by atoms with Gasteiger partial charge >= 0.3 is 5.97 Å². The number of ether oxygens (including phenoxy) is 1. The molecule has 2 rings (SSSR count). The van der Waals surface area contributed by atoms with Crippen LogP contribution in [-0.2, 0) is 9.53 Å². The fraction of sp³-hybridized carbons (Fsp3) is 0.909. The number of hydrogen-bond acceptors (Lipinski definition) is 4. The van der Waals surface area contributed by atoms with Gasteiger partial charge in [-0.2, -0.15) is 0 Å². The minimum atomic E-state index is -0.461. The second-order valence-electron chi connectivity index (χ2n) is 5.78. The van der Waals surface area contributed by atoms with Crippen LogP contribution >= 0.6 is 0 Å². The second kappa shape index (κ2) is 3.19. The fourth-order valence-corrected chi connectivity index (χ4v) is 2.46. The van der Waals surface area contributed by atoms with Crippen molar-refractivity contribution in [2.75, 3.05) is 13.1 Å². The average Bonchev–Trinajstić information content (AvgIpc) is 2.66. The summed E-state index contributed by atoms with van der Waals surface area (Å²) in [6, 6.07) is -0.461. The molecule has 3 atom stereocenters. The van der Waals surface area contributed by atoms with Gasteiger partial charge in [-0.3, -0.25) is 4.79 Å². The molecule has 0 radical (unpaired) electrons. The summed E-state index contributed by atoms with van der Waals surface area (Å²) in [4.78, 5) is 11.8. The number of piperidine rings is 1. The minimum Gasteiger partial charge on any atom is -0.459 e. The van der Waals surface area contributed by atoms with Gasteiger partial charge in [0.25, 0.3) is 0 Å². The molecule has 0 amide bonds. The molecule has 3 unspecified atom stereocenters. The predicted molar refractivity (Wildman–Crippen MR) is 57.2 cm³/mol. The van der Waals surface area contributed by atoms with E-state index < -0.39 is 11.6 Å². The van der Waals surface area contributed by atoms with Gasteiger partial charge in [-0.25, -0.2) is 0 Å². The first kappa shape index (κ1) is 10.9. The monoisotopic (exact) mass is 212 g/mol. The van der Waals surface area contributed by atoms with Crippen molar-refractivity contribution in [2.24, 2.45) is 17.1 Å². The first-order valence-electron chi connectivity index (χ1n) is 5.54. The molecule has 1 saturated heterocycles. The van der Waals surface area contributed by atoms with Crippen molar-refractivity contribution in [2.45, 2.75) is 38.8 Å². The number of carbonyl (C=O) groups is 1. The maximum atomic E-state index is 11.8. The van der Waals surface area contributed by atoms with Gasteiger partial charge in [0.2, 0.25) is 0 Å². The number of rotatable bonds is 2. The van der Waals surface area contributed by atoms with Gasteiger partial charge in [-0.15, -0.1) is 0 Å². The Balaban J connectivity index is 1.97. The molecular weight excluding hydrogens is 192 g/mol. The third-order valence-corrected chi connectivity index (χ3v) is 3.40. The largest absolute Gasteiger partial charge is 0.459 e. The van der Waals surface area contributed by atoms with E-state index in [1.807, 2.05) is 20.8 Å². The molecule has 1 aliphatic heterocycles. The van der Waals surface area contributed by atoms with E-state index in [2.05, 4.69) is 5.32 Å². The summed E-state index contributed by atoms with van der Waals surface area (Å²) >= 11 is 0. The molecule has 4 nitrogen and oxygen atoms in total. The summed E-state index contributed by atoms with van der Waals surface area (Å²) in [5.74, 6) is 0.328. The Morgan fingerprint density at radius 2 is 2.27 bits per heavy atom. The lowest BCUT2D eigenvalue weighted by Gasteiger charge is -2.25. The third kappa shape index (κ3) is 1.88. The van der Waals surface area contributed by atoms with Crippen molar-refractivity contribution in [3.8, 4) is 0 Å². The summed E-state index contributed by atoms with van der Waals surface area (Å²) in [7, 11) is 0. The van der Waals surface area contributed by atoms with Crippen LogP contribution in [0.1, 0.15) is 27.2 Å². The number of carbonyl (C=O) groups excluding carboxylic acids is 1. The number of nitrogens with two attached hydrogens (primary N) is 1. The van der Waals surface area contributed by atoms with Crippen LogP contribution in [0.5, 0.6) is 0 Å². The second-order valence-corrected chi connectivity index (χ2v) is 5.78. The highest BCUT2D eigenvalue weighted by atomic mass is 16.6. The van der Waals surface area contributed by atoms with E-state index in [9.17, 15) is 4.79 Å². The van der Waals surface area contributed by atoms with E-state index in [1.165, 1.54) is 0 Å². The summed E-state index contributed by atoms with van der Waals surface area (Å²) in [6.07, 6.45) is 1.07. The Hall–Kier alpha value is -0.610. The maximum Gasteiger partial charge on any atom is 0.324 e. The number of fused-ring (bicyclic) bond motifs is 1. The lowest BCUT2D eigenvalue weighted by molar-refractivity contribution is -0.158. The van der Waals surface area contributed by atoms with Gasteiger partial charge in [0.1, 0.15) is 11.6 Å². The summed E-state index contributed by atoms with van der Waals surface area (Å²) in [5, 5.41) is 3.27. The smallest absolute Gasteiger partial charge is 0.324 e. The Kier molecular flexibility index (Phi) is 2.32. The van der Waals surface area contributed by atoms with Gasteiger partial charge in [0.05, 0.1) is 0 Å². The molecule has 2 aliphatic rings. The Bertz CT molecular complexity index is 285. The molecule has 1 heterocycles. The SMILES string of the molecule is CC(C)(C)OC(=O)C(N)C12CNCC1C2. The molecule has 0 spiro atoms. The molecule has 0 aromatic heterocycles. The Morgan fingerprint density at radius 1 is 1.60 bits per heavy atom. The fourth-order valence-electron chi connectivity index (χ4n) is 2.46. The molecule has 0 aromatic rings. The molecule has 3 N–H and O–H groups in total. The highest BCUT2D eigenvalue weighted by Crippen LogP contribution is 2.56. The zero-order chi connectivity index (χ0) is 11.3. The lowest BCUT2D eigenvalue weighted by atomic mass is 9.96. The third-order valence-electron chi connectivity index (χ3n) is 3.40. The van der Waals surface area contributed by atoms with Crippen molar-refractivity contribution < 1.29 is 9.53 Å². The quantitative estimate of drug-likeness (QED) is 0.645. The van der Waals surface area contributed by atoms with E-state index >= 15 is 0 Å². The van der Waals surface area contributed by atoms with Crippen molar-refractivity contribution in [1.29, 1.82) is 0 Å². The molecule has 15 heavy (non-hydrogen) atoms. The van der Waals surface area contributed by atoms with E-state index in [4.69, 9.17) is 10.5 Å². The van der Waals surface area contributed by atoms with Crippen LogP contribution in [0.25, 0.3) is 0 Å². The van der Waals surface area contributed by atoms with Gasteiger partial charge in [0.15, 0.2) is 0 Å². The van der Waals surface area contributed by atoms with E-state index in [-0.39, 0.29) is 11.4 Å². The first-order chi connectivity index (χ1) is 6.85. The molecular formula is C11H20N2O2. The average molecular weight is 212 g/mol. The van der Waals surface area contributed by atoms with E-state index in [0.717, 1.165) is 19.5 Å². The van der Waals surface area contributed by atoms with Crippen molar-refractivity contribution in [1.82, 2.24) is 5.32 Å². The predicted octanol–water partition coefficient (Wildman–Crippen LogP) is 0.265. The maximum absolute atomic E-state index is 11.8. The van der Waals surface area contributed by atoms with Crippen LogP contribution in [0.3, 0.4) is 0 Å². The summed E-state index contributed by atoms with van der Waals surface area (Å²) in [5.41, 5.74) is 5.55. The summed E-state index contributed by atoms with van der Waals surface area (Å²) < 4.78 is 5.31. The number of nitrogens with one attached hydrogen (secondary N) is 1. The van der Waals surface area contributed by atoms with Gasteiger partial charge in [0, 0.05) is 12.0 Å². The number of hydrogen-bond donors (Lipinski definition) is 2. The molecule has 86 valence electrons.